The fourth-order valence-corrected chi connectivity index (χ4v) is 4.63. The highest BCUT2D eigenvalue weighted by atomic mass is 35.5. The van der Waals surface area contributed by atoms with Crippen LogP contribution in [0.15, 0.2) is 23.6 Å². The summed E-state index contributed by atoms with van der Waals surface area (Å²) in [6, 6.07) is 5.95. The zero-order chi connectivity index (χ0) is 18.3. The first-order chi connectivity index (χ1) is 12.6. The zero-order valence-electron chi connectivity index (χ0n) is 14.9. The second kappa shape index (κ2) is 8.04. The number of anilines is 2. The van der Waals surface area contributed by atoms with Crippen LogP contribution in [0, 0.1) is 0 Å². The minimum absolute atomic E-state index is 0. The van der Waals surface area contributed by atoms with Crippen LogP contribution in [0.25, 0.3) is 16.3 Å². The molecule has 0 bridgehead atoms. The van der Waals surface area contributed by atoms with E-state index in [0.29, 0.717) is 17.6 Å². The minimum atomic E-state index is -0.128. The molecule has 27 heavy (non-hydrogen) atoms. The Hall–Kier alpha value is -1.83. The van der Waals surface area contributed by atoms with Gasteiger partial charge in [0, 0.05) is 19.0 Å². The first kappa shape index (κ1) is 19.9. The number of nitrogens with zero attached hydrogens (tertiary/aromatic N) is 3. The molecule has 6 nitrogen and oxygen atoms in total. The van der Waals surface area contributed by atoms with Gasteiger partial charge in [0.1, 0.15) is 0 Å². The maximum atomic E-state index is 12.5. The average molecular weight is 426 g/mol. The van der Waals surface area contributed by atoms with Crippen molar-refractivity contribution in [3.8, 4) is 10.6 Å². The van der Waals surface area contributed by atoms with Crippen molar-refractivity contribution in [3.05, 3.63) is 28.7 Å². The van der Waals surface area contributed by atoms with Crippen LogP contribution in [-0.2, 0) is 0 Å². The fraction of sp³-hybridized carbons (Fsp3) is 0.389. The molecule has 0 atom stereocenters. The Bertz CT molecular complexity index is 964. The van der Waals surface area contributed by atoms with Crippen molar-refractivity contribution in [2.75, 3.05) is 11.1 Å². The van der Waals surface area contributed by atoms with Crippen LogP contribution in [-0.4, -0.2) is 21.3 Å². The standard InChI is InChI=1S/C18H20ClN5OS.ClH/c1-11(25)23-16(13-8-5-9-26-13)17(21-12-6-3-2-4-7-12)24-15(20)10-14(19)22-18(23)24;/h5,8-10,12,20-21H,2-4,6-7H2,1H3;1H. The molecule has 0 spiro atoms. The summed E-state index contributed by atoms with van der Waals surface area (Å²) in [5.41, 5.74) is 7.07. The van der Waals surface area contributed by atoms with Gasteiger partial charge in [0.15, 0.2) is 11.5 Å². The topological polar surface area (TPSA) is 76.3 Å². The van der Waals surface area contributed by atoms with Crippen molar-refractivity contribution in [3.63, 3.8) is 0 Å². The van der Waals surface area contributed by atoms with Crippen LogP contribution >= 0.6 is 22.9 Å². The normalized spacial score (nSPS) is 14.9. The van der Waals surface area contributed by atoms with E-state index in [2.05, 4.69) is 10.3 Å². The smallest absolute Gasteiger partial charge is 0.416 e. The highest BCUT2D eigenvalue weighted by Crippen LogP contribution is 2.34. The molecule has 1 aliphatic carbocycles. The lowest BCUT2D eigenvalue weighted by atomic mass is 9.95. The predicted octanol–water partition coefficient (Wildman–Crippen LogP) is 0.995. The van der Waals surface area contributed by atoms with Gasteiger partial charge in [-0.1, -0.05) is 30.3 Å². The van der Waals surface area contributed by atoms with Crippen molar-refractivity contribution >= 4 is 46.3 Å². The lowest BCUT2D eigenvalue weighted by Crippen LogP contribution is -3.00. The predicted molar refractivity (Wildman–Crippen MR) is 105 cm³/mol. The molecule has 1 saturated carbocycles. The van der Waals surface area contributed by atoms with Gasteiger partial charge in [0.2, 0.25) is 11.0 Å². The monoisotopic (exact) mass is 425 g/mol. The van der Waals surface area contributed by atoms with Crippen molar-refractivity contribution in [1.82, 2.24) is 9.38 Å². The Labute approximate surface area is 172 Å². The summed E-state index contributed by atoms with van der Waals surface area (Å²) in [4.78, 5) is 17.9. The second-order valence-electron chi connectivity index (χ2n) is 6.65. The molecule has 0 saturated heterocycles. The van der Waals surface area contributed by atoms with Crippen molar-refractivity contribution in [2.24, 2.45) is 0 Å². The van der Waals surface area contributed by atoms with E-state index in [9.17, 15) is 4.79 Å². The number of aromatic nitrogens is 3. The third-order valence-corrected chi connectivity index (χ3v) is 5.89. The molecule has 9 heteroatoms. The number of hydrogen-bond donors (Lipinski definition) is 2. The number of carbonyl (C=O) groups is 1. The van der Waals surface area contributed by atoms with Gasteiger partial charge in [-0.2, -0.15) is 8.97 Å². The van der Waals surface area contributed by atoms with Gasteiger partial charge >= 0.3 is 5.78 Å². The van der Waals surface area contributed by atoms with Crippen molar-refractivity contribution < 1.29 is 21.8 Å². The van der Waals surface area contributed by atoms with Gasteiger partial charge < -0.3 is 23.5 Å². The molecular weight excluding hydrogens is 405 g/mol. The Kier molecular flexibility index (Phi) is 5.93. The summed E-state index contributed by atoms with van der Waals surface area (Å²) >= 11 is 7.71. The summed E-state index contributed by atoms with van der Waals surface area (Å²) in [7, 11) is 0. The molecule has 1 fully saturated rings. The van der Waals surface area contributed by atoms with Crippen LogP contribution in [0.5, 0.6) is 0 Å². The number of hydrogen-bond acceptors (Lipinski definition) is 5. The number of nitrogens with two attached hydrogens (primary N) is 1. The third-order valence-electron chi connectivity index (χ3n) is 4.82. The SMILES string of the molecule is CC(=O)[n+]1c(-c2cccs2)c(NC2CCCCC2)n2c(N)cc(Cl)nc21.[Cl-]. The maximum Gasteiger partial charge on any atom is 0.416 e. The van der Waals surface area contributed by atoms with E-state index in [1.165, 1.54) is 26.2 Å². The first-order valence-electron chi connectivity index (χ1n) is 8.80. The minimum Gasteiger partial charge on any atom is -1.00 e. The Morgan fingerprint density at radius 1 is 1.41 bits per heavy atom. The van der Waals surface area contributed by atoms with E-state index in [4.69, 9.17) is 17.3 Å². The van der Waals surface area contributed by atoms with Crippen LogP contribution in [0.3, 0.4) is 0 Å². The number of rotatable bonds is 3. The molecule has 3 aromatic heterocycles. The number of nitrogen functional groups attached to an aromatic ring is 1. The lowest BCUT2D eigenvalue weighted by Gasteiger charge is -2.23. The maximum absolute atomic E-state index is 12.5. The van der Waals surface area contributed by atoms with Gasteiger partial charge in [0.05, 0.1) is 4.88 Å². The fourth-order valence-electron chi connectivity index (χ4n) is 3.68. The first-order valence-corrected chi connectivity index (χ1v) is 10.1. The number of nitrogens with one attached hydrogen (secondary N) is 1. The number of imidazole rings is 1. The number of fused-ring (bicyclic) bond motifs is 1. The molecule has 1 aliphatic rings. The summed E-state index contributed by atoms with van der Waals surface area (Å²) in [6.45, 7) is 1.53. The molecule has 0 aliphatic heterocycles. The third kappa shape index (κ3) is 3.63. The zero-order valence-corrected chi connectivity index (χ0v) is 17.2. The molecule has 3 aromatic rings. The Morgan fingerprint density at radius 2 is 2.15 bits per heavy atom. The molecule has 144 valence electrons. The average Bonchev–Trinajstić information content (AvgIpc) is 3.21. The summed E-state index contributed by atoms with van der Waals surface area (Å²) < 4.78 is 3.40. The molecule has 4 rings (SSSR count). The van der Waals surface area contributed by atoms with E-state index in [0.717, 1.165) is 29.2 Å². The van der Waals surface area contributed by atoms with Crippen molar-refractivity contribution in [2.45, 2.75) is 45.1 Å². The molecule has 0 unspecified atom stereocenters. The van der Waals surface area contributed by atoms with Gasteiger partial charge in [0.25, 0.3) is 5.91 Å². The van der Waals surface area contributed by atoms with Crippen LogP contribution in [0.1, 0.15) is 43.8 Å². The molecule has 0 amide bonds. The molecule has 3 N–H and O–H groups in total. The highest BCUT2D eigenvalue weighted by molar-refractivity contribution is 7.13. The van der Waals surface area contributed by atoms with Crippen molar-refractivity contribution in [1.29, 1.82) is 0 Å². The van der Waals surface area contributed by atoms with Gasteiger partial charge in [-0.25, -0.2) is 0 Å². The van der Waals surface area contributed by atoms with Crippen LogP contribution in [0.4, 0.5) is 11.6 Å². The summed E-state index contributed by atoms with van der Waals surface area (Å²) in [6.07, 6.45) is 5.91. The van der Waals surface area contributed by atoms with Crippen LogP contribution in [0.2, 0.25) is 5.15 Å². The number of carbonyl (C=O) groups excluding carboxylic acids is 1. The lowest BCUT2D eigenvalue weighted by molar-refractivity contribution is -0.534. The van der Waals surface area contributed by atoms with E-state index in [1.807, 2.05) is 17.5 Å². The van der Waals surface area contributed by atoms with E-state index in [1.54, 1.807) is 26.4 Å². The van der Waals surface area contributed by atoms with Gasteiger partial charge in [-0.15, -0.1) is 11.3 Å². The number of halogens is 2. The van der Waals surface area contributed by atoms with Gasteiger partial charge in [-0.3, -0.25) is 4.79 Å². The second-order valence-corrected chi connectivity index (χ2v) is 7.98. The van der Waals surface area contributed by atoms with E-state index >= 15 is 0 Å². The Balaban J connectivity index is 0.00000210. The quantitative estimate of drug-likeness (QED) is 0.484. The van der Waals surface area contributed by atoms with E-state index in [-0.39, 0.29) is 23.5 Å². The summed E-state index contributed by atoms with van der Waals surface area (Å²) in [5, 5.41) is 5.91. The Morgan fingerprint density at radius 3 is 2.78 bits per heavy atom. The molecule has 0 aromatic carbocycles. The van der Waals surface area contributed by atoms with E-state index < -0.39 is 0 Å². The highest BCUT2D eigenvalue weighted by Gasteiger charge is 2.33. The van der Waals surface area contributed by atoms with Crippen LogP contribution < -0.4 is 28.0 Å². The molecular formula is C18H21Cl2N5OS. The number of thiophene rings is 1. The largest absolute Gasteiger partial charge is 1.00 e. The molecule has 3 heterocycles. The molecule has 0 radical (unpaired) electrons. The van der Waals surface area contributed by atoms with Gasteiger partial charge in [-0.05, 0) is 35.9 Å². The summed E-state index contributed by atoms with van der Waals surface area (Å²) in [5.74, 6) is 1.57.